The van der Waals surface area contributed by atoms with Crippen molar-refractivity contribution in [1.29, 1.82) is 0 Å². The fourth-order valence-electron chi connectivity index (χ4n) is 3.37. The fraction of sp³-hybridized carbons (Fsp3) is 0.0455. The Balaban J connectivity index is 1.69. The maximum absolute atomic E-state index is 13.5. The van der Waals surface area contributed by atoms with Gasteiger partial charge in [-0.3, -0.25) is 10.1 Å². The van der Waals surface area contributed by atoms with E-state index < -0.39 is 6.67 Å². The van der Waals surface area contributed by atoms with Crippen molar-refractivity contribution in [3.63, 3.8) is 0 Å². The predicted octanol–water partition coefficient (Wildman–Crippen LogP) is 5.39. The monoisotopic (exact) mass is 369 g/mol. The van der Waals surface area contributed by atoms with Crippen LogP contribution in [0, 0.1) is 0 Å². The Morgan fingerprint density at radius 3 is 2.75 bits per heavy atom. The summed E-state index contributed by atoms with van der Waals surface area (Å²) in [6.07, 6.45) is 1.73. The smallest absolute Gasteiger partial charge is 0.178 e. The second-order valence-corrected chi connectivity index (χ2v) is 6.46. The molecule has 5 nitrogen and oxygen atoms in total. The molecule has 0 saturated heterocycles. The van der Waals surface area contributed by atoms with E-state index in [4.69, 9.17) is 4.98 Å². The van der Waals surface area contributed by atoms with Gasteiger partial charge in [-0.05, 0) is 29.8 Å². The first-order valence-electron chi connectivity index (χ1n) is 8.93. The molecule has 2 N–H and O–H groups in total. The van der Waals surface area contributed by atoms with Gasteiger partial charge in [-0.25, -0.2) is 9.37 Å². The lowest BCUT2D eigenvalue weighted by molar-refractivity contribution is 0.486. The normalized spacial score (nSPS) is 11.2. The van der Waals surface area contributed by atoms with Crippen LogP contribution in [-0.2, 0) is 6.67 Å². The Bertz CT molecular complexity index is 1290. The number of H-pyrrole nitrogens is 1. The van der Waals surface area contributed by atoms with Crippen molar-refractivity contribution in [2.75, 3.05) is 5.32 Å². The van der Waals surface area contributed by atoms with Crippen molar-refractivity contribution in [1.82, 2.24) is 20.2 Å². The Hall–Kier alpha value is -3.80. The van der Waals surface area contributed by atoms with Crippen molar-refractivity contribution >= 4 is 33.4 Å². The molecule has 5 aromatic rings. The zero-order chi connectivity index (χ0) is 18.9. The third kappa shape index (κ3) is 2.75. The maximum Gasteiger partial charge on any atom is 0.178 e. The van der Waals surface area contributed by atoms with Crippen LogP contribution in [-0.4, -0.2) is 20.2 Å². The van der Waals surface area contributed by atoms with Gasteiger partial charge < -0.3 is 5.32 Å². The van der Waals surface area contributed by atoms with Crippen molar-refractivity contribution in [2.45, 2.75) is 6.67 Å². The van der Waals surface area contributed by atoms with Crippen LogP contribution in [0.1, 0.15) is 5.56 Å². The molecule has 0 atom stereocenters. The standard InChI is InChI=1S/C22H16FN5/c23-13-14-6-1-2-7-15(14)19-12-20(16-8-3-4-9-17(16)25-19)26-22-21-18(27-28-22)10-5-11-24-21/h1-12H,13H2,(H2,25,26,27,28). The van der Waals surface area contributed by atoms with E-state index in [-0.39, 0.29) is 0 Å². The Kier molecular flexibility index (Phi) is 3.94. The molecule has 0 aliphatic heterocycles. The van der Waals surface area contributed by atoms with E-state index in [0.29, 0.717) is 17.1 Å². The van der Waals surface area contributed by atoms with E-state index in [1.54, 1.807) is 12.3 Å². The minimum atomic E-state index is -0.540. The average molecular weight is 369 g/mol. The second kappa shape index (κ2) is 6.74. The van der Waals surface area contributed by atoms with Gasteiger partial charge in [-0.2, -0.15) is 5.10 Å². The molecule has 3 aromatic heterocycles. The summed E-state index contributed by atoms with van der Waals surface area (Å²) in [5.41, 5.74) is 5.38. The van der Waals surface area contributed by atoms with E-state index in [9.17, 15) is 4.39 Å². The van der Waals surface area contributed by atoms with Crippen molar-refractivity contribution < 1.29 is 4.39 Å². The molecule has 0 radical (unpaired) electrons. The van der Waals surface area contributed by atoms with Crippen LogP contribution in [0.3, 0.4) is 0 Å². The molecule has 0 bridgehead atoms. The van der Waals surface area contributed by atoms with Crippen LogP contribution in [0.25, 0.3) is 33.2 Å². The number of nitrogens with zero attached hydrogens (tertiary/aromatic N) is 3. The number of rotatable bonds is 4. The summed E-state index contributed by atoms with van der Waals surface area (Å²) in [4.78, 5) is 9.16. The number of para-hydroxylation sites is 1. The topological polar surface area (TPSA) is 66.5 Å². The van der Waals surface area contributed by atoms with E-state index in [2.05, 4.69) is 20.5 Å². The van der Waals surface area contributed by atoms with E-state index in [1.165, 1.54) is 0 Å². The predicted molar refractivity (Wildman–Crippen MR) is 109 cm³/mol. The Labute approximate surface area is 160 Å². The zero-order valence-corrected chi connectivity index (χ0v) is 14.9. The summed E-state index contributed by atoms with van der Waals surface area (Å²) < 4.78 is 13.5. The first-order valence-corrected chi connectivity index (χ1v) is 8.93. The lowest BCUT2D eigenvalue weighted by Crippen LogP contribution is -1.97. The summed E-state index contributed by atoms with van der Waals surface area (Å²) in [7, 11) is 0. The number of halogens is 1. The molecular weight excluding hydrogens is 353 g/mol. The van der Waals surface area contributed by atoms with Gasteiger partial charge in [0.05, 0.1) is 22.4 Å². The quantitative estimate of drug-likeness (QED) is 0.446. The van der Waals surface area contributed by atoms with Crippen LogP contribution in [0.5, 0.6) is 0 Å². The number of anilines is 2. The van der Waals surface area contributed by atoms with Crippen molar-refractivity contribution in [3.05, 3.63) is 78.5 Å². The minimum absolute atomic E-state index is 0.540. The number of fused-ring (bicyclic) bond motifs is 2. The van der Waals surface area contributed by atoms with Gasteiger partial charge in [0.2, 0.25) is 0 Å². The number of hydrogen-bond acceptors (Lipinski definition) is 4. The minimum Gasteiger partial charge on any atom is -0.336 e. The molecule has 0 spiro atoms. The lowest BCUT2D eigenvalue weighted by atomic mass is 10.0. The molecule has 0 aliphatic carbocycles. The van der Waals surface area contributed by atoms with Crippen molar-refractivity contribution in [2.24, 2.45) is 0 Å². The number of aromatic nitrogens is 4. The van der Waals surface area contributed by atoms with Gasteiger partial charge in [-0.1, -0.05) is 42.5 Å². The molecular formula is C22H16FN5. The first-order chi connectivity index (χ1) is 13.8. The lowest BCUT2D eigenvalue weighted by Gasteiger charge is -2.12. The largest absolute Gasteiger partial charge is 0.336 e. The highest BCUT2D eigenvalue weighted by molar-refractivity contribution is 5.98. The molecule has 0 aliphatic rings. The van der Waals surface area contributed by atoms with Gasteiger partial charge in [-0.15, -0.1) is 0 Å². The molecule has 0 amide bonds. The molecule has 2 aromatic carbocycles. The summed E-state index contributed by atoms with van der Waals surface area (Å²) in [6, 6.07) is 21.0. The van der Waals surface area contributed by atoms with E-state index in [0.717, 1.165) is 33.2 Å². The van der Waals surface area contributed by atoms with Gasteiger partial charge in [0.25, 0.3) is 0 Å². The molecule has 5 rings (SSSR count). The van der Waals surface area contributed by atoms with Crippen LogP contribution in [0.4, 0.5) is 15.9 Å². The summed E-state index contributed by atoms with van der Waals surface area (Å²) >= 11 is 0. The number of pyridine rings is 2. The van der Waals surface area contributed by atoms with Gasteiger partial charge in [0.15, 0.2) is 5.82 Å². The highest BCUT2D eigenvalue weighted by Gasteiger charge is 2.13. The number of nitrogens with one attached hydrogen (secondary N) is 2. The average Bonchev–Trinajstić information content (AvgIpc) is 3.16. The van der Waals surface area contributed by atoms with E-state index in [1.807, 2.05) is 60.7 Å². The van der Waals surface area contributed by atoms with Crippen LogP contribution >= 0.6 is 0 Å². The van der Waals surface area contributed by atoms with Gasteiger partial charge in [0.1, 0.15) is 12.2 Å². The highest BCUT2D eigenvalue weighted by Crippen LogP contribution is 2.32. The number of alkyl halides is 1. The zero-order valence-electron chi connectivity index (χ0n) is 14.9. The highest BCUT2D eigenvalue weighted by atomic mass is 19.1. The van der Waals surface area contributed by atoms with Gasteiger partial charge >= 0.3 is 0 Å². The van der Waals surface area contributed by atoms with Crippen molar-refractivity contribution in [3.8, 4) is 11.3 Å². The van der Waals surface area contributed by atoms with Crippen LogP contribution in [0.2, 0.25) is 0 Å². The van der Waals surface area contributed by atoms with Crippen LogP contribution in [0.15, 0.2) is 72.9 Å². The molecule has 0 unspecified atom stereocenters. The first kappa shape index (κ1) is 16.4. The molecule has 0 fully saturated rings. The SMILES string of the molecule is FCc1ccccc1-c1cc(Nc2n[nH]c3cccnc23)c2ccccc2n1. The third-order valence-electron chi connectivity index (χ3n) is 4.73. The third-order valence-corrected chi connectivity index (χ3v) is 4.73. The summed E-state index contributed by atoms with van der Waals surface area (Å²) in [5, 5.41) is 11.7. The molecule has 28 heavy (non-hydrogen) atoms. The summed E-state index contributed by atoms with van der Waals surface area (Å²) in [5.74, 6) is 0.636. The maximum atomic E-state index is 13.5. The fourth-order valence-corrected chi connectivity index (χ4v) is 3.37. The summed E-state index contributed by atoms with van der Waals surface area (Å²) in [6.45, 7) is -0.540. The van der Waals surface area contributed by atoms with Crippen LogP contribution < -0.4 is 5.32 Å². The molecule has 3 heterocycles. The number of hydrogen-bond donors (Lipinski definition) is 2. The molecule has 6 heteroatoms. The molecule has 136 valence electrons. The van der Waals surface area contributed by atoms with Gasteiger partial charge in [0, 0.05) is 17.1 Å². The number of benzene rings is 2. The van der Waals surface area contributed by atoms with E-state index >= 15 is 0 Å². The Morgan fingerprint density at radius 2 is 1.82 bits per heavy atom. The Morgan fingerprint density at radius 1 is 0.964 bits per heavy atom. The number of aromatic amines is 1. The second-order valence-electron chi connectivity index (χ2n) is 6.46. The molecule has 0 saturated carbocycles.